The van der Waals surface area contributed by atoms with Gasteiger partial charge in [0.15, 0.2) is 11.5 Å². The summed E-state index contributed by atoms with van der Waals surface area (Å²) in [4.78, 5) is 0.226. The van der Waals surface area contributed by atoms with Crippen LogP contribution in [0.5, 0.6) is 11.5 Å². The van der Waals surface area contributed by atoms with E-state index in [1.165, 1.54) is 10.4 Å². The molecule has 0 aliphatic carbocycles. The first-order valence-electron chi connectivity index (χ1n) is 7.09. The van der Waals surface area contributed by atoms with Crippen molar-refractivity contribution in [1.29, 1.82) is 0 Å². The number of rotatable bonds is 7. The van der Waals surface area contributed by atoms with Crippen LogP contribution in [0.4, 0.5) is 0 Å². The summed E-state index contributed by atoms with van der Waals surface area (Å²) in [5.74, 6) is 1.02. The molecule has 1 saturated heterocycles. The van der Waals surface area contributed by atoms with Gasteiger partial charge in [0.25, 0.3) is 0 Å². The van der Waals surface area contributed by atoms with Gasteiger partial charge >= 0.3 is 0 Å². The third kappa shape index (κ3) is 3.84. The van der Waals surface area contributed by atoms with E-state index in [0.717, 1.165) is 0 Å². The molecular weight excluding hydrogens is 328 g/mol. The summed E-state index contributed by atoms with van der Waals surface area (Å²) in [5.41, 5.74) is 0. The van der Waals surface area contributed by atoms with Gasteiger partial charge in [-0.1, -0.05) is 0 Å². The van der Waals surface area contributed by atoms with E-state index in [9.17, 15) is 8.42 Å². The molecule has 126 valence electrons. The zero-order valence-electron chi connectivity index (χ0n) is 13.0. The Kier molecular flexibility index (Phi) is 6.93. The summed E-state index contributed by atoms with van der Waals surface area (Å²) in [6, 6.07) is 4.75. The largest absolute Gasteiger partial charge is 0.490 e. The maximum absolute atomic E-state index is 12.6. The van der Waals surface area contributed by atoms with Gasteiger partial charge in [0, 0.05) is 32.2 Å². The first kappa shape index (κ1) is 19.0. The van der Waals surface area contributed by atoms with E-state index in [1.807, 2.05) is 13.8 Å². The number of hydrogen-bond acceptors (Lipinski definition) is 5. The summed E-state index contributed by atoms with van der Waals surface area (Å²) < 4.78 is 37.5. The Labute approximate surface area is 138 Å². The van der Waals surface area contributed by atoms with Crippen molar-refractivity contribution in [2.24, 2.45) is 0 Å². The van der Waals surface area contributed by atoms with Gasteiger partial charge in [-0.05, 0) is 26.0 Å². The molecule has 0 saturated carbocycles. The third-order valence-electron chi connectivity index (χ3n) is 3.47. The van der Waals surface area contributed by atoms with Gasteiger partial charge in [0.2, 0.25) is 10.0 Å². The molecule has 0 atom stereocenters. The van der Waals surface area contributed by atoms with Gasteiger partial charge in [-0.25, -0.2) is 8.42 Å². The SMILES string of the molecule is CCOc1ccc(S(=O)(=O)N(C)C2CNC2)cc1OCC.Cl. The van der Waals surface area contributed by atoms with Gasteiger partial charge in [-0.2, -0.15) is 4.31 Å². The van der Waals surface area contributed by atoms with Crippen LogP contribution in [0.2, 0.25) is 0 Å². The van der Waals surface area contributed by atoms with E-state index in [0.29, 0.717) is 37.8 Å². The lowest BCUT2D eigenvalue weighted by molar-refractivity contribution is 0.273. The van der Waals surface area contributed by atoms with E-state index >= 15 is 0 Å². The fraction of sp³-hybridized carbons (Fsp3) is 0.571. The zero-order chi connectivity index (χ0) is 15.5. The molecule has 1 aromatic rings. The zero-order valence-corrected chi connectivity index (χ0v) is 14.7. The number of ether oxygens (including phenoxy) is 2. The molecule has 0 bridgehead atoms. The molecule has 6 nitrogen and oxygen atoms in total. The Bertz CT molecular complexity index is 591. The van der Waals surface area contributed by atoms with E-state index < -0.39 is 10.0 Å². The summed E-state index contributed by atoms with van der Waals surface area (Å²) in [5, 5.41) is 3.07. The van der Waals surface area contributed by atoms with Crippen molar-refractivity contribution in [2.45, 2.75) is 24.8 Å². The van der Waals surface area contributed by atoms with E-state index in [4.69, 9.17) is 9.47 Å². The molecular formula is C14H23ClN2O4S. The highest BCUT2D eigenvalue weighted by Crippen LogP contribution is 2.31. The predicted molar refractivity (Wildman–Crippen MR) is 87.6 cm³/mol. The van der Waals surface area contributed by atoms with Crippen molar-refractivity contribution in [3.8, 4) is 11.5 Å². The topological polar surface area (TPSA) is 67.9 Å². The molecule has 22 heavy (non-hydrogen) atoms. The number of nitrogens with one attached hydrogen (secondary N) is 1. The standard InChI is InChI=1S/C14H22N2O4S.ClH/c1-4-19-13-7-6-12(8-14(13)20-5-2)21(17,18)16(3)11-9-15-10-11;/h6-8,11,15H,4-5,9-10H2,1-3H3;1H. The van der Waals surface area contributed by atoms with Crippen molar-refractivity contribution in [1.82, 2.24) is 9.62 Å². The maximum Gasteiger partial charge on any atom is 0.243 e. The van der Waals surface area contributed by atoms with Crippen molar-refractivity contribution in [3.05, 3.63) is 18.2 Å². The fourth-order valence-electron chi connectivity index (χ4n) is 2.08. The molecule has 1 aromatic carbocycles. The van der Waals surface area contributed by atoms with Crippen LogP contribution in [0.15, 0.2) is 23.1 Å². The summed E-state index contributed by atoms with van der Waals surface area (Å²) in [6.45, 7) is 6.04. The number of benzene rings is 1. The Morgan fingerprint density at radius 1 is 1.18 bits per heavy atom. The van der Waals surface area contributed by atoms with Gasteiger partial charge in [0.1, 0.15) is 0 Å². The van der Waals surface area contributed by atoms with Crippen LogP contribution < -0.4 is 14.8 Å². The third-order valence-corrected chi connectivity index (χ3v) is 5.37. The first-order valence-corrected chi connectivity index (χ1v) is 8.53. The monoisotopic (exact) mass is 350 g/mol. The lowest BCUT2D eigenvalue weighted by atomic mass is 10.2. The van der Waals surface area contributed by atoms with E-state index in [2.05, 4.69) is 5.32 Å². The quantitative estimate of drug-likeness (QED) is 0.807. The minimum absolute atomic E-state index is 0. The van der Waals surface area contributed by atoms with Crippen LogP contribution in [0.25, 0.3) is 0 Å². The summed E-state index contributed by atoms with van der Waals surface area (Å²) in [7, 11) is -1.91. The summed E-state index contributed by atoms with van der Waals surface area (Å²) >= 11 is 0. The number of likely N-dealkylation sites (N-methyl/N-ethyl adjacent to an activating group) is 1. The Balaban J connectivity index is 0.00000242. The van der Waals surface area contributed by atoms with Crippen molar-refractivity contribution >= 4 is 22.4 Å². The van der Waals surface area contributed by atoms with Crippen LogP contribution in [0, 0.1) is 0 Å². The molecule has 1 N–H and O–H groups in total. The second-order valence-electron chi connectivity index (χ2n) is 4.81. The van der Waals surface area contributed by atoms with Gasteiger partial charge in [0.05, 0.1) is 18.1 Å². The molecule has 1 heterocycles. The van der Waals surface area contributed by atoms with Crippen molar-refractivity contribution < 1.29 is 17.9 Å². The van der Waals surface area contributed by atoms with E-state index in [-0.39, 0.29) is 23.3 Å². The average molecular weight is 351 g/mol. The molecule has 8 heteroatoms. The second-order valence-corrected chi connectivity index (χ2v) is 6.81. The van der Waals surface area contributed by atoms with Gasteiger partial charge < -0.3 is 14.8 Å². The lowest BCUT2D eigenvalue weighted by Crippen LogP contribution is -2.57. The minimum atomic E-state index is -3.51. The molecule has 2 rings (SSSR count). The molecule has 0 aromatic heterocycles. The second kappa shape index (κ2) is 8.01. The lowest BCUT2D eigenvalue weighted by Gasteiger charge is -2.34. The maximum atomic E-state index is 12.6. The van der Waals surface area contributed by atoms with Crippen molar-refractivity contribution in [3.63, 3.8) is 0 Å². The van der Waals surface area contributed by atoms with Gasteiger partial charge in [-0.15, -0.1) is 12.4 Å². The molecule has 0 radical (unpaired) electrons. The van der Waals surface area contributed by atoms with Crippen LogP contribution in [-0.4, -0.2) is 52.1 Å². The Morgan fingerprint density at radius 2 is 1.77 bits per heavy atom. The molecule has 0 amide bonds. The highest BCUT2D eigenvalue weighted by molar-refractivity contribution is 7.89. The fourth-order valence-corrected chi connectivity index (χ4v) is 3.46. The number of sulfonamides is 1. The van der Waals surface area contributed by atoms with Crippen LogP contribution in [-0.2, 0) is 10.0 Å². The molecule has 1 aliphatic heterocycles. The minimum Gasteiger partial charge on any atom is -0.490 e. The number of hydrogen-bond donors (Lipinski definition) is 1. The number of halogens is 1. The highest BCUT2D eigenvalue weighted by Gasteiger charge is 2.32. The Morgan fingerprint density at radius 3 is 2.27 bits per heavy atom. The van der Waals surface area contributed by atoms with Crippen LogP contribution in [0.1, 0.15) is 13.8 Å². The normalized spacial score (nSPS) is 15.1. The Hall–Kier alpha value is -1.02. The first-order chi connectivity index (χ1) is 10.0. The molecule has 0 unspecified atom stereocenters. The van der Waals surface area contributed by atoms with Crippen molar-refractivity contribution in [2.75, 3.05) is 33.4 Å². The van der Waals surface area contributed by atoms with E-state index in [1.54, 1.807) is 19.2 Å². The smallest absolute Gasteiger partial charge is 0.243 e. The summed E-state index contributed by atoms with van der Waals surface area (Å²) in [6.07, 6.45) is 0. The van der Waals surface area contributed by atoms with Crippen LogP contribution in [0.3, 0.4) is 0 Å². The predicted octanol–water partition coefficient (Wildman–Crippen LogP) is 1.50. The number of nitrogens with zero attached hydrogens (tertiary/aromatic N) is 1. The van der Waals surface area contributed by atoms with Crippen LogP contribution >= 0.6 is 12.4 Å². The molecule has 1 aliphatic rings. The molecule has 1 fully saturated rings. The average Bonchev–Trinajstić information content (AvgIpc) is 2.39. The molecule has 0 spiro atoms. The highest BCUT2D eigenvalue weighted by atomic mass is 35.5. The van der Waals surface area contributed by atoms with Gasteiger partial charge in [-0.3, -0.25) is 0 Å².